The average Bonchev–Trinajstić information content (AvgIpc) is 3.59. The maximum atomic E-state index is 6.37. The first-order valence-corrected chi connectivity index (χ1v) is 14.7. The van der Waals surface area contributed by atoms with Crippen LogP contribution in [0.2, 0.25) is 0 Å². The highest BCUT2D eigenvalue weighted by atomic mass is 16.3. The molecule has 0 N–H and O–H groups in total. The number of nitrogens with zero attached hydrogens (tertiary/aromatic N) is 2. The van der Waals surface area contributed by atoms with Crippen LogP contribution in [-0.2, 0) is 5.41 Å². The van der Waals surface area contributed by atoms with Crippen molar-refractivity contribution in [3.05, 3.63) is 157 Å². The number of anilines is 3. The molecule has 3 nitrogen and oxygen atoms in total. The van der Waals surface area contributed by atoms with E-state index in [1.807, 2.05) is 6.07 Å². The van der Waals surface area contributed by atoms with Gasteiger partial charge in [-0.1, -0.05) is 105 Å². The van der Waals surface area contributed by atoms with Gasteiger partial charge in [-0.2, -0.15) is 0 Å². The topological polar surface area (TPSA) is 29.3 Å². The van der Waals surface area contributed by atoms with Gasteiger partial charge in [0.2, 0.25) is 5.89 Å². The molecular formula is C40H30N2O. The SMILES string of the molecule is CC1(C)c2ccccc2-c2ccc(N(c3ccccc3)c3ccc4nc(-c5ccc(-c6ccccc6)cc5)oc4c3)cc21. The van der Waals surface area contributed by atoms with Crippen LogP contribution in [0.15, 0.2) is 150 Å². The summed E-state index contributed by atoms with van der Waals surface area (Å²) in [7, 11) is 0. The van der Waals surface area contributed by atoms with Crippen LogP contribution in [0.4, 0.5) is 17.1 Å². The van der Waals surface area contributed by atoms with E-state index in [-0.39, 0.29) is 5.41 Å². The van der Waals surface area contributed by atoms with Gasteiger partial charge in [0.15, 0.2) is 5.58 Å². The van der Waals surface area contributed by atoms with E-state index in [1.165, 1.54) is 33.4 Å². The Morgan fingerprint density at radius 1 is 0.512 bits per heavy atom. The van der Waals surface area contributed by atoms with Gasteiger partial charge in [0.25, 0.3) is 0 Å². The van der Waals surface area contributed by atoms with Crippen molar-refractivity contribution in [2.45, 2.75) is 19.3 Å². The fourth-order valence-corrected chi connectivity index (χ4v) is 6.47. The molecule has 1 heterocycles. The van der Waals surface area contributed by atoms with Gasteiger partial charge in [0.05, 0.1) is 0 Å². The molecule has 0 saturated carbocycles. The third kappa shape index (κ3) is 4.24. The molecule has 0 saturated heterocycles. The van der Waals surface area contributed by atoms with E-state index in [9.17, 15) is 0 Å². The van der Waals surface area contributed by atoms with Gasteiger partial charge in [0, 0.05) is 34.1 Å². The third-order valence-corrected chi connectivity index (χ3v) is 8.71. The summed E-state index contributed by atoms with van der Waals surface area (Å²) in [5.41, 5.74) is 13.4. The van der Waals surface area contributed by atoms with Crippen LogP contribution in [-0.4, -0.2) is 4.98 Å². The third-order valence-electron chi connectivity index (χ3n) is 8.71. The lowest BCUT2D eigenvalue weighted by molar-refractivity contribution is 0.620. The molecule has 1 aromatic heterocycles. The van der Waals surface area contributed by atoms with Crippen molar-refractivity contribution in [1.29, 1.82) is 0 Å². The number of fused-ring (bicyclic) bond motifs is 4. The van der Waals surface area contributed by atoms with Gasteiger partial charge >= 0.3 is 0 Å². The molecule has 0 amide bonds. The Morgan fingerprint density at radius 2 is 1.12 bits per heavy atom. The number of aromatic nitrogens is 1. The molecule has 0 unspecified atom stereocenters. The first-order chi connectivity index (χ1) is 21.1. The quantitative estimate of drug-likeness (QED) is 0.212. The van der Waals surface area contributed by atoms with E-state index in [4.69, 9.17) is 9.40 Å². The Kier molecular flexibility index (Phi) is 5.80. The molecule has 0 fully saturated rings. The van der Waals surface area contributed by atoms with E-state index >= 15 is 0 Å². The summed E-state index contributed by atoms with van der Waals surface area (Å²) >= 11 is 0. The highest BCUT2D eigenvalue weighted by molar-refractivity contribution is 5.88. The van der Waals surface area contributed by atoms with Gasteiger partial charge in [-0.05, 0) is 81.9 Å². The van der Waals surface area contributed by atoms with Gasteiger partial charge in [-0.3, -0.25) is 0 Å². The molecule has 3 heteroatoms. The summed E-state index contributed by atoms with van der Waals surface area (Å²) in [5, 5.41) is 0. The summed E-state index contributed by atoms with van der Waals surface area (Å²) < 4.78 is 6.37. The first kappa shape index (κ1) is 25.3. The molecule has 43 heavy (non-hydrogen) atoms. The maximum absolute atomic E-state index is 6.37. The fraction of sp³-hybridized carbons (Fsp3) is 0.0750. The van der Waals surface area contributed by atoms with E-state index in [1.54, 1.807) is 0 Å². The van der Waals surface area contributed by atoms with Crippen LogP contribution >= 0.6 is 0 Å². The average molecular weight is 555 g/mol. The van der Waals surface area contributed by atoms with E-state index in [0.717, 1.165) is 33.7 Å². The van der Waals surface area contributed by atoms with Gasteiger partial charge < -0.3 is 9.32 Å². The normalized spacial score (nSPS) is 13.1. The van der Waals surface area contributed by atoms with E-state index in [0.29, 0.717) is 5.89 Å². The molecule has 206 valence electrons. The molecule has 0 aliphatic heterocycles. The van der Waals surface area contributed by atoms with Crippen molar-refractivity contribution < 1.29 is 4.42 Å². The van der Waals surface area contributed by atoms with Crippen molar-refractivity contribution >= 4 is 28.2 Å². The Bertz CT molecular complexity index is 2090. The fourth-order valence-electron chi connectivity index (χ4n) is 6.47. The van der Waals surface area contributed by atoms with Gasteiger partial charge in [0.1, 0.15) is 5.52 Å². The molecule has 0 bridgehead atoms. The molecule has 0 spiro atoms. The molecule has 0 atom stereocenters. The monoisotopic (exact) mass is 554 g/mol. The number of hydrogen-bond donors (Lipinski definition) is 0. The zero-order valence-electron chi connectivity index (χ0n) is 24.2. The predicted octanol–water partition coefficient (Wildman–Crippen LogP) is 10.9. The van der Waals surface area contributed by atoms with Crippen LogP contribution in [0, 0.1) is 0 Å². The number of para-hydroxylation sites is 1. The molecule has 8 rings (SSSR count). The summed E-state index contributed by atoms with van der Waals surface area (Å²) in [5.74, 6) is 0.620. The zero-order chi connectivity index (χ0) is 29.0. The zero-order valence-corrected chi connectivity index (χ0v) is 24.2. The van der Waals surface area contributed by atoms with Crippen molar-refractivity contribution in [2.75, 3.05) is 4.90 Å². The number of benzene rings is 6. The van der Waals surface area contributed by atoms with Crippen molar-refractivity contribution in [1.82, 2.24) is 4.98 Å². The van der Waals surface area contributed by atoms with E-state index in [2.05, 4.69) is 158 Å². The summed E-state index contributed by atoms with van der Waals surface area (Å²) in [6.07, 6.45) is 0. The van der Waals surface area contributed by atoms with E-state index < -0.39 is 0 Å². The highest BCUT2D eigenvalue weighted by Crippen LogP contribution is 2.50. The molecule has 6 aromatic carbocycles. The minimum absolute atomic E-state index is 0.0792. The number of oxazole rings is 1. The number of rotatable bonds is 5. The van der Waals surface area contributed by atoms with Gasteiger partial charge in [-0.15, -0.1) is 0 Å². The second-order valence-corrected chi connectivity index (χ2v) is 11.7. The molecule has 1 aliphatic rings. The van der Waals surface area contributed by atoms with Crippen LogP contribution in [0.5, 0.6) is 0 Å². The minimum Gasteiger partial charge on any atom is -0.436 e. The second-order valence-electron chi connectivity index (χ2n) is 11.7. The lowest BCUT2D eigenvalue weighted by Crippen LogP contribution is -2.16. The van der Waals surface area contributed by atoms with Crippen molar-refractivity contribution in [2.24, 2.45) is 0 Å². The summed E-state index contributed by atoms with van der Waals surface area (Å²) in [6, 6.07) is 51.2. The van der Waals surface area contributed by atoms with Gasteiger partial charge in [-0.25, -0.2) is 4.98 Å². The Hall–Kier alpha value is -5.41. The Morgan fingerprint density at radius 3 is 1.91 bits per heavy atom. The van der Waals surface area contributed by atoms with Crippen LogP contribution in [0.3, 0.4) is 0 Å². The van der Waals surface area contributed by atoms with Crippen LogP contribution in [0.25, 0.3) is 44.8 Å². The minimum atomic E-state index is -0.0792. The van der Waals surface area contributed by atoms with Crippen molar-refractivity contribution in [3.8, 4) is 33.7 Å². The molecule has 0 radical (unpaired) electrons. The Labute approximate surface area is 251 Å². The van der Waals surface area contributed by atoms with Crippen LogP contribution < -0.4 is 4.90 Å². The molecule has 7 aromatic rings. The molecule has 1 aliphatic carbocycles. The number of hydrogen-bond acceptors (Lipinski definition) is 3. The largest absolute Gasteiger partial charge is 0.436 e. The summed E-state index contributed by atoms with van der Waals surface area (Å²) in [6.45, 7) is 4.64. The predicted molar refractivity (Wildman–Crippen MR) is 177 cm³/mol. The lowest BCUT2D eigenvalue weighted by atomic mass is 9.82. The second kappa shape index (κ2) is 9.85. The smallest absolute Gasteiger partial charge is 0.227 e. The highest BCUT2D eigenvalue weighted by Gasteiger charge is 2.35. The van der Waals surface area contributed by atoms with Crippen LogP contribution in [0.1, 0.15) is 25.0 Å². The lowest BCUT2D eigenvalue weighted by Gasteiger charge is -2.28. The maximum Gasteiger partial charge on any atom is 0.227 e. The molecular weight excluding hydrogens is 524 g/mol. The Balaban J connectivity index is 1.19. The summed E-state index contributed by atoms with van der Waals surface area (Å²) in [4.78, 5) is 7.14. The first-order valence-electron chi connectivity index (χ1n) is 14.7. The van der Waals surface area contributed by atoms with Crippen molar-refractivity contribution in [3.63, 3.8) is 0 Å². The standard InChI is InChI=1S/C40H30N2O/c1-40(2)35-16-10-9-15-33(35)34-23-21-31(25-36(34)40)42(30-13-7-4-8-14-30)32-22-24-37-38(26-32)43-39(41-37)29-19-17-28(18-20-29)27-11-5-3-6-12-27/h3-26H,1-2H3.